The second kappa shape index (κ2) is 8.03. The van der Waals surface area contributed by atoms with Gasteiger partial charge in [-0.2, -0.15) is 12.7 Å². The minimum absolute atomic E-state index is 0.527. The zero-order valence-electron chi connectivity index (χ0n) is 14.1. The molecule has 130 valence electrons. The summed E-state index contributed by atoms with van der Waals surface area (Å²) in [4.78, 5) is 0. The van der Waals surface area contributed by atoms with E-state index in [2.05, 4.69) is 10.0 Å². The third-order valence-electron chi connectivity index (χ3n) is 3.53. The molecule has 2 aromatic carbocycles. The Hall–Kier alpha value is -2.25. The normalized spacial score (nSPS) is 11.3. The summed E-state index contributed by atoms with van der Waals surface area (Å²) in [6.45, 7) is 0.753. The number of hydrogen-bond acceptors (Lipinski definition) is 4. The van der Waals surface area contributed by atoms with Gasteiger partial charge >= 0.3 is 10.2 Å². The minimum Gasteiger partial charge on any atom is -0.496 e. The minimum atomic E-state index is -3.48. The summed E-state index contributed by atoms with van der Waals surface area (Å²) >= 11 is 0. The van der Waals surface area contributed by atoms with Crippen LogP contribution < -0.4 is 14.8 Å². The molecule has 24 heavy (non-hydrogen) atoms. The van der Waals surface area contributed by atoms with Crippen LogP contribution in [0.4, 0.5) is 11.4 Å². The van der Waals surface area contributed by atoms with E-state index in [1.165, 1.54) is 14.1 Å². The molecule has 7 heteroatoms. The number of nitrogens with one attached hydrogen (secondary N) is 2. The van der Waals surface area contributed by atoms with Crippen LogP contribution in [0.1, 0.15) is 5.56 Å². The van der Waals surface area contributed by atoms with E-state index in [9.17, 15) is 8.42 Å². The molecule has 0 saturated heterocycles. The van der Waals surface area contributed by atoms with Gasteiger partial charge < -0.3 is 10.1 Å². The molecule has 2 N–H and O–H groups in total. The Morgan fingerprint density at radius 1 is 1.00 bits per heavy atom. The zero-order valence-corrected chi connectivity index (χ0v) is 14.9. The van der Waals surface area contributed by atoms with Gasteiger partial charge in [-0.25, -0.2) is 0 Å². The summed E-state index contributed by atoms with van der Waals surface area (Å²) in [6.07, 6.45) is 0.832. The predicted molar refractivity (Wildman–Crippen MR) is 97.9 cm³/mol. The van der Waals surface area contributed by atoms with Gasteiger partial charge in [-0.15, -0.1) is 0 Å². The summed E-state index contributed by atoms with van der Waals surface area (Å²) in [6, 6.07) is 15.1. The van der Waals surface area contributed by atoms with Gasteiger partial charge in [0.25, 0.3) is 0 Å². The highest BCUT2D eigenvalue weighted by molar-refractivity contribution is 7.90. The van der Waals surface area contributed by atoms with Crippen molar-refractivity contribution in [1.82, 2.24) is 4.31 Å². The Balaban J connectivity index is 1.90. The summed E-state index contributed by atoms with van der Waals surface area (Å²) in [5.74, 6) is 0.882. The van der Waals surface area contributed by atoms with Crippen molar-refractivity contribution in [3.8, 4) is 5.75 Å². The van der Waals surface area contributed by atoms with Gasteiger partial charge in [0.1, 0.15) is 5.75 Å². The van der Waals surface area contributed by atoms with Gasteiger partial charge in [0.15, 0.2) is 0 Å². The zero-order chi connectivity index (χ0) is 17.6. The van der Waals surface area contributed by atoms with Gasteiger partial charge in [0, 0.05) is 32.0 Å². The highest BCUT2D eigenvalue weighted by atomic mass is 32.2. The first kappa shape index (κ1) is 18.1. The molecule has 0 atom stereocenters. The maximum absolute atomic E-state index is 11.8. The average molecular weight is 349 g/mol. The molecule has 0 aliphatic carbocycles. The molecule has 6 nitrogen and oxygen atoms in total. The number of rotatable bonds is 8. The Bertz CT molecular complexity index is 759. The van der Waals surface area contributed by atoms with Gasteiger partial charge in [0.2, 0.25) is 0 Å². The first-order valence-corrected chi connectivity index (χ1v) is 9.02. The van der Waals surface area contributed by atoms with Gasteiger partial charge in [0.05, 0.1) is 7.11 Å². The van der Waals surface area contributed by atoms with Crippen molar-refractivity contribution in [1.29, 1.82) is 0 Å². The summed E-state index contributed by atoms with van der Waals surface area (Å²) < 4.78 is 32.5. The molecule has 0 bridgehead atoms. The molecule has 0 aliphatic rings. The van der Waals surface area contributed by atoms with Crippen molar-refractivity contribution in [2.45, 2.75) is 6.42 Å². The van der Waals surface area contributed by atoms with Crippen LogP contribution in [-0.4, -0.2) is 40.5 Å². The molecule has 0 aromatic heterocycles. The van der Waals surface area contributed by atoms with Crippen molar-refractivity contribution in [2.24, 2.45) is 0 Å². The second-order valence-electron chi connectivity index (χ2n) is 5.46. The Labute approximate surface area is 143 Å². The molecule has 0 spiro atoms. The van der Waals surface area contributed by atoms with Crippen molar-refractivity contribution in [3.63, 3.8) is 0 Å². The smallest absolute Gasteiger partial charge is 0.301 e. The molecule has 0 amide bonds. The number of anilines is 2. The number of hydrogen-bond donors (Lipinski definition) is 2. The Kier molecular flexibility index (Phi) is 6.05. The standard InChI is InChI=1S/C17H23N3O3S/c1-20(2)24(21,22)19-16-10-8-15(9-11-16)18-13-12-14-6-4-5-7-17(14)23-3/h4-11,18-19H,12-13H2,1-3H3. The van der Waals surface area contributed by atoms with Crippen LogP contribution in [0.15, 0.2) is 48.5 Å². The summed E-state index contributed by atoms with van der Waals surface area (Å²) in [5.41, 5.74) is 2.60. The number of nitrogens with zero attached hydrogens (tertiary/aromatic N) is 1. The molecular weight excluding hydrogens is 326 g/mol. The predicted octanol–water partition coefficient (Wildman–Crippen LogP) is 2.57. The van der Waals surface area contributed by atoms with Gasteiger partial charge in [-0.3, -0.25) is 4.72 Å². The van der Waals surface area contributed by atoms with Crippen molar-refractivity contribution < 1.29 is 13.2 Å². The third kappa shape index (κ3) is 4.87. The largest absolute Gasteiger partial charge is 0.496 e. The van der Waals surface area contributed by atoms with Crippen molar-refractivity contribution in [2.75, 3.05) is 37.8 Å². The van der Waals surface area contributed by atoms with Gasteiger partial charge in [-0.1, -0.05) is 18.2 Å². The molecule has 0 radical (unpaired) electrons. The number of para-hydroxylation sites is 1. The fourth-order valence-electron chi connectivity index (χ4n) is 2.15. The van der Waals surface area contributed by atoms with Crippen LogP contribution in [-0.2, 0) is 16.6 Å². The first-order chi connectivity index (χ1) is 11.4. The summed E-state index contributed by atoms with van der Waals surface area (Å²) in [5, 5.41) is 3.31. The quantitative estimate of drug-likeness (QED) is 0.768. The van der Waals surface area contributed by atoms with E-state index >= 15 is 0 Å². The summed E-state index contributed by atoms with van der Waals surface area (Å²) in [7, 11) is 1.16. The van der Waals surface area contributed by atoms with E-state index < -0.39 is 10.2 Å². The molecule has 0 aliphatic heterocycles. The molecule has 0 saturated carbocycles. The Morgan fingerprint density at radius 3 is 2.25 bits per heavy atom. The number of methoxy groups -OCH3 is 1. The van der Waals surface area contributed by atoms with Crippen LogP contribution >= 0.6 is 0 Å². The number of ether oxygens (including phenoxy) is 1. The van der Waals surface area contributed by atoms with E-state index in [0.29, 0.717) is 5.69 Å². The fraction of sp³-hybridized carbons (Fsp3) is 0.294. The van der Waals surface area contributed by atoms with E-state index in [0.717, 1.165) is 34.3 Å². The lowest BCUT2D eigenvalue weighted by Crippen LogP contribution is -2.28. The Morgan fingerprint density at radius 2 is 1.62 bits per heavy atom. The highest BCUT2D eigenvalue weighted by Crippen LogP contribution is 2.19. The first-order valence-electron chi connectivity index (χ1n) is 7.58. The molecule has 2 aromatic rings. The maximum atomic E-state index is 11.8. The van der Waals surface area contributed by atoms with Crippen LogP contribution in [0.5, 0.6) is 5.75 Å². The van der Waals surface area contributed by atoms with Crippen LogP contribution in [0.2, 0.25) is 0 Å². The molecule has 2 rings (SSSR count). The van der Waals surface area contributed by atoms with Crippen LogP contribution in [0.3, 0.4) is 0 Å². The fourth-order valence-corrected chi connectivity index (χ4v) is 2.76. The molecule has 0 unspecified atom stereocenters. The highest BCUT2D eigenvalue weighted by Gasteiger charge is 2.12. The maximum Gasteiger partial charge on any atom is 0.301 e. The molecular formula is C17H23N3O3S. The topological polar surface area (TPSA) is 70.7 Å². The lowest BCUT2D eigenvalue weighted by molar-refractivity contribution is 0.410. The third-order valence-corrected chi connectivity index (χ3v) is 4.98. The monoisotopic (exact) mass is 349 g/mol. The SMILES string of the molecule is COc1ccccc1CCNc1ccc(NS(=O)(=O)N(C)C)cc1. The molecule has 0 heterocycles. The number of benzene rings is 2. The molecule has 0 fully saturated rings. The van der Waals surface area contributed by atoms with E-state index in [4.69, 9.17) is 4.74 Å². The van der Waals surface area contributed by atoms with E-state index in [-0.39, 0.29) is 0 Å². The van der Waals surface area contributed by atoms with E-state index in [1.54, 1.807) is 19.2 Å². The van der Waals surface area contributed by atoms with E-state index in [1.807, 2.05) is 36.4 Å². The lowest BCUT2D eigenvalue weighted by Gasteiger charge is -2.14. The van der Waals surface area contributed by atoms with Crippen molar-refractivity contribution >= 4 is 21.6 Å². The lowest BCUT2D eigenvalue weighted by atomic mass is 10.1. The van der Waals surface area contributed by atoms with Gasteiger partial charge in [-0.05, 0) is 42.3 Å². The van der Waals surface area contributed by atoms with Crippen molar-refractivity contribution in [3.05, 3.63) is 54.1 Å². The van der Waals surface area contributed by atoms with Crippen LogP contribution in [0.25, 0.3) is 0 Å². The van der Waals surface area contributed by atoms with Crippen LogP contribution in [0, 0.1) is 0 Å². The average Bonchev–Trinajstić information content (AvgIpc) is 2.56. The second-order valence-corrected chi connectivity index (χ2v) is 7.34.